The lowest BCUT2D eigenvalue weighted by Gasteiger charge is -2.22. The zero-order chi connectivity index (χ0) is 16.7. The molecule has 0 radical (unpaired) electrons. The van der Waals surface area contributed by atoms with Gasteiger partial charge >= 0.3 is 12.0 Å². The van der Waals surface area contributed by atoms with Gasteiger partial charge < -0.3 is 21.1 Å². The SMILES string of the molecule is CC[C@H](C)[C@@H](NC(N)=O)C(=O)Nc1cccc(C(=O)OC)c1. The molecule has 0 fully saturated rings. The van der Waals surface area contributed by atoms with Crippen LogP contribution in [0.1, 0.15) is 30.6 Å². The first-order valence-electron chi connectivity index (χ1n) is 6.94. The third-order valence-electron chi connectivity index (χ3n) is 3.34. The van der Waals surface area contributed by atoms with E-state index in [4.69, 9.17) is 5.73 Å². The third kappa shape index (κ3) is 4.76. The van der Waals surface area contributed by atoms with Gasteiger partial charge in [-0.3, -0.25) is 4.79 Å². The number of anilines is 1. The summed E-state index contributed by atoms with van der Waals surface area (Å²) in [6.45, 7) is 3.75. The number of primary amides is 1. The number of urea groups is 1. The van der Waals surface area contributed by atoms with Crippen molar-refractivity contribution in [3.05, 3.63) is 29.8 Å². The summed E-state index contributed by atoms with van der Waals surface area (Å²) in [4.78, 5) is 34.8. The minimum absolute atomic E-state index is 0.0868. The fourth-order valence-corrected chi connectivity index (χ4v) is 1.92. The molecule has 0 saturated heterocycles. The molecule has 7 nitrogen and oxygen atoms in total. The molecule has 1 aromatic carbocycles. The van der Waals surface area contributed by atoms with E-state index >= 15 is 0 Å². The first-order valence-corrected chi connectivity index (χ1v) is 6.94. The van der Waals surface area contributed by atoms with Crippen molar-refractivity contribution in [2.45, 2.75) is 26.3 Å². The van der Waals surface area contributed by atoms with Crippen LogP contribution in [0.5, 0.6) is 0 Å². The minimum atomic E-state index is -0.760. The van der Waals surface area contributed by atoms with Gasteiger partial charge in [0.05, 0.1) is 12.7 Å². The van der Waals surface area contributed by atoms with Crippen LogP contribution in [0, 0.1) is 5.92 Å². The maximum Gasteiger partial charge on any atom is 0.337 e. The molecule has 0 unspecified atom stereocenters. The molecule has 0 aromatic heterocycles. The maximum atomic E-state index is 12.3. The summed E-state index contributed by atoms with van der Waals surface area (Å²) >= 11 is 0. The van der Waals surface area contributed by atoms with E-state index in [2.05, 4.69) is 15.4 Å². The van der Waals surface area contributed by atoms with Gasteiger partial charge in [-0.1, -0.05) is 26.3 Å². The number of nitrogens with two attached hydrogens (primary N) is 1. The first-order chi connectivity index (χ1) is 10.4. The highest BCUT2D eigenvalue weighted by Crippen LogP contribution is 2.14. The lowest BCUT2D eigenvalue weighted by atomic mass is 9.98. The number of hydrogen-bond donors (Lipinski definition) is 3. The van der Waals surface area contributed by atoms with Crippen LogP contribution in [-0.4, -0.2) is 31.1 Å². The molecule has 2 atom stereocenters. The second kappa shape index (κ2) is 8.02. The zero-order valence-electron chi connectivity index (χ0n) is 12.9. The van der Waals surface area contributed by atoms with Crippen LogP contribution >= 0.6 is 0 Å². The molecule has 22 heavy (non-hydrogen) atoms. The van der Waals surface area contributed by atoms with Crippen LogP contribution in [0.15, 0.2) is 24.3 Å². The number of nitrogens with one attached hydrogen (secondary N) is 2. The van der Waals surface area contributed by atoms with Gasteiger partial charge in [0.15, 0.2) is 0 Å². The summed E-state index contributed by atoms with van der Waals surface area (Å²) in [6.07, 6.45) is 0.695. The van der Waals surface area contributed by atoms with Crippen molar-refractivity contribution in [3.8, 4) is 0 Å². The Bertz CT molecular complexity index is 559. The molecule has 0 heterocycles. The standard InChI is InChI=1S/C15H21N3O4/c1-4-9(2)12(18-15(16)21)13(19)17-11-7-5-6-10(8-11)14(20)22-3/h5-9,12H,4H2,1-3H3,(H,17,19)(H3,16,18,21)/t9-,12+/m0/s1. The molecule has 0 spiro atoms. The second-order valence-corrected chi connectivity index (χ2v) is 4.93. The number of rotatable bonds is 6. The van der Waals surface area contributed by atoms with E-state index in [1.165, 1.54) is 13.2 Å². The van der Waals surface area contributed by atoms with Crippen molar-refractivity contribution in [2.24, 2.45) is 11.7 Å². The Kier molecular flexibility index (Phi) is 6.37. The molecule has 0 aliphatic heterocycles. The smallest absolute Gasteiger partial charge is 0.337 e. The Morgan fingerprint density at radius 3 is 2.55 bits per heavy atom. The van der Waals surface area contributed by atoms with Crippen molar-refractivity contribution < 1.29 is 19.1 Å². The van der Waals surface area contributed by atoms with E-state index in [0.717, 1.165) is 0 Å². The fourth-order valence-electron chi connectivity index (χ4n) is 1.92. The predicted octanol–water partition coefficient (Wildman–Crippen LogP) is 1.49. The number of ether oxygens (including phenoxy) is 1. The molecule has 3 amide bonds. The van der Waals surface area contributed by atoms with E-state index < -0.39 is 23.9 Å². The molecule has 0 aliphatic carbocycles. The normalized spacial score (nSPS) is 12.9. The lowest BCUT2D eigenvalue weighted by molar-refractivity contribution is -0.119. The molecule has 0 bridgehead atoms. The highest BCUT2D eigenvalue weighted by molar-refractivity contribution is 5.98. The molecule has 0 aliphatic rings. The fraction of sp³-hybridized carbons (Fsp3) is 0.400. The van der Waals surface area contributed by atoms with Crippen LogP contribution in [0.3, 0.4) is 0 Å². The Hall–Kier alpha value is -2.57. The molecule has 0 saturated carbocycles. The van der Waals surface area contributed by atoms with Gasteiger partial charge in [0.25, 0.3) is 0 Å². The topological polar surface area (TPSA) is 111 Å². The summed E-state index contributed by atoms with van der Waals surface area (Å²) in [6, 6.07) is 4.84. The monoisotopic (exact) mass is 307 g/mol. The van der Waals surface area contributed by atoms with Crippen LogP contribution in [0.4, 0.5) is 10.5 Å². The number of carbonyl (C=O) groups is 3. The molecular formula is C15H21N3O4. The quantitative estimate of drug-likeness (QED) is 0.691. The summed E-state index contributed by atoms with van der Waals surface area (Å²) < 4.78 is 4.63. The minimum Gasteiger partial charge on any atom is -0.465 e. The average Bonchev–Trinajstić information content (AvgIpc) is 2.51. The van der Waals surface area contributed by atoms with E-state index in [-0.39, 0.29) is 5.92 Å². The Morgan fingerprint density at radius 2 is 2.00 bits per heavy atom. The van der Waals surface area contributed by atoms with Crippen LogP contribution < -0.4 is 16.4 Å². The Balaban J connectivity index is 2.89. The highest BCUT2D eigenvalue weighted by Gasteiger charge is 2.25. The third-order valence-corrected chi connectivity index (χ3v) is 3.34. The molecule has 1 aromatic rings. The number of carbonyl (C=O) groups excluding carboxylic acids is 3. The van der Waals surface area contributed by atoms with Crippen molar-refractivity contribution in [1.82, 2.24) is 5.32 Å². The molecule has 1 rings (SSSR count). The van der Waals surface area contributed by atoms with Gasteiger partial charge in [0.2, 0.25) is 5.91 Å². The maximum absolute atomic E-state index is 12.3. The first kappa shape index (κ1) is 17.5. The van der Waals surface area contributed by atoms with Gasteiger partial charge in [-0.25, -0.2) is 9.59 Å². The van der Waals surface area contributed by atoms with Crippen molar-refractivity contribution >= 4 is 23.6 Å². The highest BCUT2D eigenvalue weighted by atomic mass is 16.5. The van der Waals surface area contributed by atoms with Crippen LogP contribution in [0.25, 0.3) is 0 Å². The van der Waals surface area contributed by atoms with Crippen LogP contribution in [-0.2, 0) is 9.53 Å². The lowest BCUT2D eigenvalue weighted by Crippen LogP contribution is -2.49. The van der Waals surface area contributed by atoms with Crippen molar-refractivity contribution in [3.63, 3.8) is 0 Å². The van der Waals surface area contributed by atoms with E-state index in [0.29, 0.717) is 17.7 Å². The predicted molar refractivity (Wildman–Crippen MR) is 82.4 cm³/mol. The number of benzene rings is 1. The Labute approximate surface area is 129 Å². The van der Waals surface area contributed by atoms with Gasteiger partial charge in [-0.15, -0.1) is 0 Å². The van der Waals surface area contributed by atoms with E-state index in [1.807, 2.05) is 13.8 Å². The van der Waals surface area contributed by atoms with Crippen LogP contribution in [0.2, 0.25) is 0 Å². The van der Waals surface area contributed by atoms with E-state index in [1.54, 1.807) is 18.2 Å². The molecule has 7 heteroatoms. The number of hydrogen-bond acceptors (Lipinski definition) is 4. The zero-order valence-corrected chi connectivity index (χ0v) is 12.9. The summed E-state index contributed by atoms with van der Waals surface area (Å²) in [5.41, 5.74) is 5.87. The van der Waals surface area contributed by atoms with Crippen molar-refractivity contribution in [1.29, 1.82) is 0 Å². The summed E-state index contributed by atoms with van der Waals surface area (Å²) in [5.74, 6) is -0.976. The molecule has 120 valence electrons. The number of methoxy groups -OCH3 is 1. The number of amides is 3. The van der Waals surface area contributed by atoms with Gasteiger partial charge in [-0.05, 0) is 24.1 Å². The van der Waals surface area contributed by atoms with Gasteiger partial charge in [0.1, 0.15) is 6.04 Å². The average molecular weight is 307 g/mol. The largest absolute Gasteiger partial charge is 0.465 e. The Morgan fingerprint density at radius 1 is 1.32 bits per heavy atom. The van der Waals surface area contributed by atoms with Gasteiger partial charge in [-0.2, -0.15) is 0 Å². The summed E-state index contributed by atoms with van der Waals surface area (Å²) in [5, 5.41) is 5.10. The molecule has 4 N–H and O–H groups in total. The van der Waals surface area contributed by atoms with Gasteiger partial charge in [0, 0.05) is 5.69 Å². The van der Waals surface area contributed by atoms with Crippen molar-refractivity contribution in [2.75, 3.05) is 12.4 Å². The second-order valence-electron chi connectivity index (χ2n) is 4.93. The number of esters is 1. The summed E-state index contributed by atoms with van der Waals surface area (Å²) in [7, 11) is 1.28. The van der Waals surface area contributed by atoms with E-state index in [9.17, 15) is 14.4 Å². The molecular weight excluding hydrogens is 286 g/mol.